The van der Waals surface area contributed by atoms with Gasteiger partial charge in [0, 0.05) is 24.8 Å². The molecule has 0 aromatic heterocycles. The summed E-state index contributed by atoms with van der Waals surface area (Å²) in [5, 5.41) is 0. The standard InChI is InChI=1S/C27H33NO4/c1-19(29)22(25(20-12-7-5-8-13-20)21-14-9-6-10-15-21)18-24(30)23-16-11-17-28(23)26(31)32-27(2,3)4/h5-10,12-15,22-23,25H,11,16-18H2,1-4H3/t22-,23+/m1/s1. The molecule has 0 unspecified atom stereocenters. The van der Waals surface area contributed by atoms with E-state index in [4.69, 9.17) is 4.74 Å². The van der Waals surface area contributed by atoms with Gasteiger partial charge in [0.05, 0.1) is 6.04 Å². The summed E-state index contributed by atoms with van der Waals surface area (Å²) in [6.45, 7) is 7.49. The topological polar surface area (TPSA) is 63.7 Å². The van der Waals surface area contributed by atoms with Gasteiger partial charge < -0.3 is 4.74 Å². The highest BCUT2D eigenvalue weighted by Crippen LogP contribution is 2.36. The molecule has 1 saturated heterocycles. The lowest BCUT2D eigenvalue weighted by Crippen LogP contribution is -2.44. The Bertz CT molecular complexity index is 894. The molecule has 5 nitrogen and oxygen atoms in total. The lowest BCUT2D eigenvalue weighted by molar-refractivity contribution is -0.129. The average molecular weight is 436 g/mol. The number of rotatable bonds is 7. The zero-order chi connectivity index (χ0) is 23.3. The third kappa shape index (κ3) is 5.84. The molecular weight excluding hydrogens is 402 g/mol. The minimum absolute atomic E-state index is 0.0297. The highest BCUT2D eigenvalue weighted by atomic mass is 16.6. The zero-order valence-electron chi connectivity index (χ0n) is 19.4. The molecule has 1 aliphatic heterocycles. The minimum atomic E-state index is -0.624. The normalized spacial score (nSPS) is 17.3. The largest absolute Gasteiger partial charge is 0.444 e. The summed E-state index contributed by atoms with van der Waals surface area (Å²) >= 11 is 0. The fourth-order valence-corrected chi connectivity index (χ4v) is 4.47. The van der Waals surface area contributed by atoms with Crippen molar-refractivity contribution in [3.63, 3.8) is 0 Å². The lowest BCUT2D eigenvalue weighted by atomic mass is 9.76. The van der Waals surface area contributed by atoms with Gasteiger partial charge in [-0.2, -0.15) is 0 Å². The Balaban J connectivity index is 1.86. The number of nitrogens with zero attached hydrogens (tertiary/aromatic N) is 1. The molecule has 1 heterocycles. The number of ether oxygens (including phenoxy) is 1. The Kier molecular flexibility index (Phi) is 7.49. The van der Waals surface area contributed by atoms with Crippen LogP contribution < -0.4 is 0 Å². The van der Waals surface area contributed by atoms with Crippen LogP contribution >= 0.6 is 0 Å². The molecule has 0 radical (unpaired) electrons. The number of likely N-dealkylation sites (tertiary alicyclic amines) is 1. The Morgan fingerprint density at radius 1 is 0.969 bits per heavy atom. The highest BCUT2D eigenvalue weighted by Gasteiger charge is 2.39. The molecule has 5 heteroatoms. The van der Waals surface area contributed by atoms with E-state index in [0.29, 0.717) is 13.0 Å². The van der Waals surface area contributed by atoms with Crippen LogP contribution in [0.5, 0.6) is 0 Å². The molecule has 32 heavy (non-hydrogen) atoms. The first-order valence-electron chi connectivity index (χ1n) is 11.3. The maximum absolute atomic E-state index is 13.4. The first-order chi connectivity index (χ1) is 15.2. The van der Waals surface area contributed by atoms with Gasteiger partial charge in [0.15, 0.2) is 5.78 Å². The third-order valence-corrected chi connectivity index (χ3v) is 5.92. The van der Waals surface area contributed by atoms with Gasteiger partial charge in [0.2, 0.25) is 0 Å². The molecule has 0 saturated carbocycles. The number of hydrogen-bond donors (Lipinski definition) is 0. The van der Waals surface area contributed by atoms with Gasteiger partial charge in [-0.25, -0.2) is 4.79 Å². The van der Waals surface area contributed by atoms with Crippen LogP contribution in [0.4, 0.5) is 4.79 Å². The number of carbonyl (C=O) groups is 3. The fourth-order valence-electron chi connectivity index (χ4n) is 4.47. The van der Waals surface area contributed by atoms with E-state index in [1.54, 1.807) is 6.92 Å². The van der Waals surface area contributed by atoms with Crippen LogP contribution in [0.25, 0.3) is 0 Å². The molecular formula is C27H33NO4. The van der Waals surface area contributed by atoms with E-state index in [2.05, 4.69) is 0 Å². The van der Waals surface area contributed by atoms with E-state index < -0.39 is 23.7 Å². The molecule has 0 spiro atoms. The van der Waals surface area contributed by atoms with Crippen molar-refractivity contribution >= 4 is 17.7 Å². The summed E-state index contributed by atoms with van der Waals surface area (Å²) in [6, 6.07) is 19.1. The van der Waals surface area contributed by atoms with E-state index >= 15 is 0 Å². The molecule has 170 valence electrons. The van der Waals surface area contributed by atoms with Crippen molar-refractivity contribution in [2.75, 3.05) is 6.54 Å². The van der Waals surface area contributed by atoms with Crippen molar-refractivity contribution in [2.24, 2.45) is 5.92 Å². The summed E-state index contributed by atoms with van der Waals surface area (Å²) in [5.41, 5.74) is 1.38. The second-order valence-corrected chi connectivity index (χ2v) is 9.52. The molecule has 1 fully saturated rings. The zero-order valence-corrected chi connectivity index (χ0v) is 19.4. The fraction of sp³-hybridized carbons (Fsp3) is 0.444. The summed E-state index contributed by atoms with van der Waals surface area (Å²) in [6.07, 6.45) is 0.981. The second-order valence-electron chi connectivity index (χ2n) is 9.52. The molecule has 2 aromatic carbocycles. The van der Waals surface area contributed by atoms with Crippen molar-refractivity contribution in [2.45, 2.75) is 64.5 Å². The lowest BCUT2D eigenvalue weighted by Gasteiger charge is -2.30. The van der Waals surface area contributed by atoms with Gasteiger partial charge in [-0.3, -0.25) is 14.5 Å². The minimum Gasteiger partial charge on any atom is -0.444 e. The summed E-state index contributed by atoms with van der Waals surface area (Å²) in [4.78, 5) is 40.4. The van der Waals surface area contributed by atoms with Gasteiger partial charge in [-0.05, 0) is 51.7 Å². The monoisotopic (exact) mass is 435 g/mol. The number of ketones is 2. The van der Waals surface area contributed by atoms with Crippen LogP contribution in [0.3, 0.4) is 0 Å². The summed E-state index contributed by atoms with van der Waals surface area (Å²) in [7, 11) is 0. The molecule has 0 aliphatic carbocycles. The Morgan fingerprint density at radius 3 is 1.97 bits per heavy atom. The number of carbonyl (C=O) groups excluding carboxylic acids is 3. The van der Waals surface area contributed by atoms with Crippen LogP contribution in [0.2, 0.25) is 0 Å². The van der Waals surface area contributed by atoms with Gasteiger partial charge in [-0.1, -0.05) is 60.7 Å². The Labute approximate surface area is 190 Å². The SMILES string of the molecule is CC(=O)[C@@H](CC(=O)[C@@H]1CCCN1C(=O)OC(C)(C)C)C(c1ccccc1)c1ccccc1. The van der Waals surface area contributed by atoms with E-state index in [1.165, 1.54) is 4.90 Å². The van der Waals surface area contributed by atoms with Crippen molar-refractivity contribution in [3.8, 4) is 0 Å². The van der Waals surface area contributed by atoms with Crippen molar-refractivity contribution < 1.29 is 19.1 Å². The van der Waals surface area contributed by atoms with Gasteiger partial charge in [0.1, 0.15) is 11.4 Å². The van der Waals surface area contributed by atoms with Crippen molar-refractivity contribution in [1.82, 2.24) is 4.90 Å². The highest BCUT2D eigenvalue weighted by molar-refractivity contribution is 5.92. The van der Waals surface area contributed by atoms with Crippen LogP contribution in [0, 0.1) is 5.92 Å². The predicted molar refractivity (Wildman–Crippen MR) is 124 cm³/mol. The maximum Gasteiger partial charge on any atom is 0.410 e. The molecule has 0 bridgehead atoms. The molecule has 2 atom stereocenters. The maximum atomic E-state index is 13.4. The number of amides is 1. The van der Waals surface area contributed by atoms with E-state index in [9.17, 15) is 14.4 Å². The first kappa shape index (κ1) is 23.7. The van der Waals surface area contributed by atoms with Crippen LogP contribution in [-0.2, 0) is 14.3 Å². The molecule has 1 aliphatic rings. The summed E-state index contributed by atoms with van der Waals surface area (Å²) in [5.74, 6) is -0.841. The van der Waals surface area contributed by atoms with Gasteiger partial charge >= 0.3 is 6.09 Å². The van der Waals surface area contributed by atoms with Crippen molar-refractivity contribution in [1.29, 1.82) is 0 Å². The van der Waals surface area contributed by atoms with E-state index in [0.717, 1.165) is 17.5 Å². The number of benzene rings is 2. The summed E-state index contributed by atoms with van der Waals surface area (Å²) < 4.78 is 5.51. The smallest absolute Gasteiger partial charge is 0.410 e. The first-order valence-corrected chi connectivity index (χ1v) is 11.3. The van der Waals surface area contributed by atoms with Gasteiger partial charge in [0.25, 0.3) is 0 Å². The third-order valence-electron chi connectivity index (χ3n) is 5.92. The molecule has 0 N–H and O–H groups in total. The molecule has 2 aromatic rings. The number of Topliss-reactive ketones (excluding diaryl/α,β-unsaturated/α-hetero) is 2. The van der Waals surface area contributed by atoms with Crippen molar-refractivity contribution in [3.05, 3.63) is 71.8 Å². The molecule has 3 rings (SSSR count). The second kappa shape index (κ2) is 10.1. The van der Waals surface area contributed by atoms with Gasteiger partial charge in [-0.15, -0.1) is 0 Å². The average Bonchev–Trinajstić information content (AvgIpc) is 3.24. The van der Waals surface area contributed by atoms with E-state index in [1.807, 2.05) is 81.4 Å². The molecule has 1 amide bonds. The van der Waals surface area contributed by atoms with Crippen LogP contribution in [0.1, 0.15) is 64.0 Å². The van der Waals surface area contributed by atoms with Crippen LogP contribution in [0.15, 0.2) is 60.7 Å². The Hall–Kier alpha value is -2.95. The quantitative estimate of drug-likeness (QED) is 0.585. The predicted octanol–water partition coefficient (Wildman–Crippen LogP) is 5.38. The van der Waals surface area contributed by atoms with E-state index in [-0.39, 0.29) is 23.9 Å². The Morgan fingerprint density at radius 2 is 1.50 bits per heavy atom. The van der Waals surface area contributed by atoms with Crippen LogP contribution in [-0.4, -0.2) is 40.7 Å². The number of hydrogen-bond acceptors (Lipinski definition) is 4.